The molecule has 1 aliphatic carbocycles. The lowest BCUT2D eigenvalue weighted by Gasteiger charge is -2.25. The Morgan fingerprint density at radius 2 is 1.50 bits per heavy atom. The number of carboxylic acids is 1. The van der Waals surface area contributed by atoms with E-state index in [-0.39, 0.29) is 30.8 Å². The van der Waals surface area contributed by atoms with Crippen LogP contribution in [0, 0.1) is 11.8 Å². The lowest BCUT2D eigenvalue weighted by atomic mass is 9.89. The molecule has 0 spiro atoms. The molecular weight excluding hydrogens is 432 g/mol. The van der Waals surface area contributed by atoms with Crippen LogP contribution in [-0.2, 0) is 14.3 Å². The molecule has 0 saturated carbocycles. The number of rotatable bonds is 10. The summed E-state index contributed by atoms with van der Waals surface area (Å²) in [4.78, 5) is 36.5. The molecular formula is C27H34N2O5. The van der Waals surface area contributed by atoms with Gasteiger partial charge in [0.2, 0.25) is 5.91 Å². The maximum Gasteiger partial charge on any atom is 0.407 e. The van der Waals surface area contributed by atoms with Crippen molar-refractivity contribution >= 4 is 18.0 Å². The Labute approximate surface area is 200 Å². The molecule has 0 aliphatic heterocycles. The summed E-state index contributed by atoms with van der Waals surface area (Å²) in [7, 11) is 0. The fourth-order valence-corrected chi connectivity index (χ4v) is 4.81. The minimum Gasteiger partial charge on any atom is -0.481 e. The van der Waals surface area contributed by atoms with Crippen molar-refractivity contribution in [3.8, 4) is 11.1 Å². The summed E-state index contributed by atoms with van der Waals surface area (Å²) in [5.41, 5.74) is 4.58. The van der Waals surface area contributed by atoms with Gasteiger partial charge in [-0.2, -0.15) is 0 Å². The fraction of sp³-hybridized carbons (Fsp3) is 0.444. The van der Waals surface area contributed by atoms with Gasteiger partial charge in [-0.25, -0.2) is 4.79 Å². The summed E-state index contributed by atoms with van der Waals surface area (Å²) in [6.07, 6.45) is 0.0220. The Kier molecular flexibility index (Phi) is 8.31. The quantitative estimate of drug-likeness (QED) is 0.476. The normalized spacial score (nSPS) is 15.1. The van der Waals surface area contributed by atoms with Crippen LogP contribution in [0.15, 0.2) is 48.5 Å². The highest BCUT2D eigenvalue weighted by molar-refractivity contribution is 5.80. The second-order valence-electron chi connectivity index (χ2n) is 9.24. The molecule has 1 aliphatic rings. The molecule has 7 heteroatoms. The predicted molar refractivity (Wildman–Crippen MR) is 130 cm³/mol. The molecule has 2 aromatic carbocycles. The number of hydrogen-bond donors (Lipinski definition) is 3. The van der Waals surface area contributed by atoms with Gasteiger partial charge in [-0.05, 0) is 41.5 Å². The molecule has 3 N–H and O–H groups in total. The highest BCUT2D eigenvalue weighted by atomic mass is 16.5. The molecule has 0 bridgehead atoms. The number of ether oxygens (including phenoxy) is 1. The summed E-state index contributed by atoms with van der Waals surface area (Å²) in [5, 5.41) is 15.0. The van der Waals surface area contributed by atoms with E-state index in [0.717, 1.165) is 22.3 Å². The number of hydrogen-bond acceptors (Lipinski definition) is 4. The van der Waals surface area contributed by atoms with Crippen molar-refractivity contribution in [2.75, 3.05) is 6.61 Å². The van der Waals surface area contributed by atoms with Crippen molar-refractivity contribution < 1.29 is 24.2 Å². The van der Waals surface area contributed by atoms with Gasteiger partial charge in [0.15, 0.2) is 0 Å². The molecule has 2 aromatic rings. The number of carbonyl (C=O) groups excluding carboxylic acids is 2. The average molecular weight is 467 g/mol. The SMILES string of the molecule is CC[C@@H](CC(=O)NC(C)C(C(=O)O)C(C)C)NC(=O)OCC1c2ccccc2-c2ccccc21. The Bertz CT molecular complexity index is 990. The van der Waals surface area contributed by atoms with Gasteiger partial charge in [-0.3, -0.25) is 9.59 Å². The number of aliphatic carboxylic acids is 1. The molecule has 2 amide bonds. The van der Waals surface area contributed by atoms with Crippen molar-refractivity contribution in [2.24, 2.45) is 11.8 Å². The van der Waals surface area contributed by atoms with E-state index in [1.54, 1.807) is 6.92 Å². The molecule has 0 radical (unpaired) electrons. The second-order valence-corrected chi connectivity index (χ2v) is 9.24. The first kappa shape index (κ1) is 25.3. The zero-order valence-electron chi connectivity index (χ0n) is 20.2. The molecule has 0 fully saturated rings. The minimum absolute atomic E-state index is 0.0358. The Morgan fingerprint density at radius 1 is 0.941 bits per heavy atom. The van der Waals surface area contributed by atoms with Crippen LogP contribution < -0.4 is 10.6 Å². The zero-order valence-corrected chi connectivity index (χ0v) is 20.2. The van der Waals surface area contributed by atoms with Crippen LogP contribution in [0.2, 0.25) is 0 Å². The van der Waals surface area contributed by atoms with Crippen LogP contribution in [0.4, 0.5) is 4.79 Å². The van der Waals surface area contributed by atoms with Gasteiger partial charge in [0.1, 0.15) is 6.61 Å². The Balaban J connectivity index is 1.55. The first-order chi connectivity index (χ1) is 16.2. The number of carbonyl (C=O) groups is 3. The van der Waals surface area contributed by atoms with Crippen LogP contribution in [0.1, 0.15) is 57.6 Å². The summed E-state index contributed by atoms with van der Waals surface area (Å²) in [5.74, 6) is -2.07. The number of amides is 2. The van der Waals surface area contributed by atoms with Gasteiger partial charge in [-0.1, -0.05) is 69.3 Å². The number of fused-ring (bicyclic) bond motifs is 3. The number of alkyl carbamates (subject to hydrolysis) is 1. The Morgan fingerprint density at radius 3 is 2.00 bits per heavy atom. The monoisotopic (exact) mass is 466 g/mol. The predicted octanol–water partition coefficient (Wildman–Crippen LogP) is 4.56. The topological polar surface area (TPSA) is 105 Å². The molecule has 3 atom stereocenters. The van der Waals surface area contributed by atoms with Gasteiger partial charge in [0.05, 0.1) is 5.92 Å². The number of benzene rings is 2. The van der Waals surface area contributed by atoms with Gasteiger partial charge in [0.25, 0.3) is 0 Å². The van der Waals surface area contributed by atoms with E-state index < -0.39 is 30.1 Å². The summed E-state index contributed by atoms with van der Waals surface area (Å²) >= 11 is 0. The largest absolute Gasteiger partial charge is 0.481 e. The first-order valence-electron chi connectivity index (χ1n) is 11.9. The van der Waals surface area contributed by atoms with Crippen LogP contribution in [0.3, 0.4) is 0 Å². The van der Waals surface area contributed by atoms with Crippen molar-refractivity contribution in [1.29, 1.82) is 0 Å². The van der Waals surface area contributed by atoms with Crippen LogP contribution >= 0.6 is 0 Å². The lowest BCUT2D eigenvalue weighted by molar-refractivity contribution is -0.144. The van der Waals surface area contributed by atoms with E-state index in [4.69, 9.17) is 4.74 Å². The highest BCUT2D eigenvalue weighted by Crippen LogP contribution is 2.44. The van der Waals surface area contributed by atoms with Crippen molar-refractivity contribution in [1.82, 2.24) is 10.6 Å². The second kappa shape index (κ2) is 11.2. The number of nitrogens with one attached hydrogen (secondary N) is 2. The third kappa shape index (κ3) is 5.76. The van der Waals surface area contributed by atoms with E-state index in [0.29, 0.717) is 6.42 Å². The fourth-order valence-electron chi connectivity index (χ4n) is 4.81. The third-order valence-electron chi connectivity index (χ3n) is 6.52. The molecule has 3 rings (SSSR count). The van der Waals surface area contributed by atoms with Crippen molar-refractivity contribution in [3.63, 3.8) is 0 Å². The van der Waals surface area contributed by atoms with E-state index in [1.165, 1.54) is 0 Å². The Hall–Kier alpha value is -3.35. The smallest absolute Gasteiger partial charge is 0.407 e. The molecule has 0 aromatic heterocycles. The highest BCUT2D eigenvalue weighted by Gasteiger charge is 2.31. The van der Waals surface area contributed by atoms with Crippen molar-refractivity contribution in [3.05, 3.63) is 59.7 Å². The molecule has 7 nitrogen and oxygen atoms in total. The molecule has 0 heterocycles. The molecule has 182 valence electrons. The van der Waals surface area contributed by atoms with Crippen LogP contribution in [-0.4, -0.2) is 41.8 Å². The summed E-state index contributed by atoms with van der Waals surface area (Å²) in [6, 6.07) is 15.3. The summed E-state index contributed by atoms with van der Waals surface area (Å²) in [6.45, 7) is 7.40. The van der Waals surface area contributed by atoms with E-state index in [1.807, 2.05) is 45.0 Å². The van der Waals surface area contributed by atoms with Gasteiger partial charge < -0.3 is 20.5 Å². The lowest BCUT2D eigenvalue weighted by Crippen LogP contribution is -2.46. The van der Waals surface area contributed by atoms with Crippen LogP contribution in [0.25, 0.3) is 11.1 Å². The zero-order chi connectivity index (χ0) is 24.8. The standard InChI is InChI=1S/C27H34N2O5/c1-5-18(14-24(30)28-17(4)25(16(2)3)26(31)32)29-27(33)34-15-23-21-12-8-6-10-19(21)20-11-7-9-13-22(20)23/h6-13,16-18,23,25H,5,14-15H2,1-4H3,(H,28,30)(H,29,33)(H,31,32)/t17?,18-,25?/m0/s1. The molecule has 34 heavy (non-hydrogen) atoms. The summed E-state index contributed by atoms with van der Waals surface area (Å²) < 4.78 is 5.58. The van der Waals surface area contributed by atoms with Gasteiger partial charge in [-0.15, -0.1) is 0 Å². The minimum atomic E-state index is -0.938. The maximum absolute atomic E-state index is 12.5. The first-order valence-corrected chi connectivity index (χ1v) is 11.9. The van der Waals surface area contributed by atoms with Crippen molar-refractivity contribution in [2.45, 2.75) is 58.5 Å². The molecule has 2 unspecified atom stereocenters. The average Bonchev–Trinajstić information content (AvgIpc) is 3.10. The third-order valence-corrected chi connectivity index (χ3v) is 6.52. The van der Waals surface area contributed by atoms with E-state index >= 15 is 0 Å². The van der Waals surface area contributed by atoms with Crippen LogP contribution in [0.5, 0.6) is 0 Å². The number of carboxylic acid groups (broad SMARTS) is 1. The maximum atomic E-state index is 12.5. The van der Waals surface area contributed by atoms with E-state index in [2.05, 4.69) is 34.9 Å². The van der Waals surface area contributed by atoms with E-state index in [9.17, 15) is 19.5 Å². The van der Waals surface area contributed by atoms with Gasteiger partial charge >= 0.3 is 12.1 Å². The molecule has 0 saturated heterocycles. The van der Waals surface area contributed by atoms with Gasteiger partial charge in [0, 0.05) is 24.4 Å².